The molecule has 0 spiro atoms. The maximum atomic E-state index is 11.1. The first-order valence-electron chi connectivity index (χ1n) is 6.13. The summed E-state index contributed by atoms with van der Waals surface area (Å²) in [6.07, 6.45) is 8.49. The molecule has 0 aromatic rings. The van der Waals surface area contributed by atoms with E-state index in [-0.39, 0.29) is 63.8 Å². The van der Waals surface area contributed by atoms with Gasteiger partial charge in [-0.25, -0.2) is 0 Å². The predicted molar refractivity (Wildman–Crippen MR) is 60.6 cm³/mol. The first-order valence-corrected chi connectivity index (χ1v) is 6.13. The van der Waals surface area contributed by atoms with Crippen LogP contribution in [0.15, 0.2) is 0 Å². The SMILES string of the molecule is CCCCCCCCCC(=O)NCC(=O)[O-].[K+]. The summed E-state index contributed by atoms with van der Waals surface area (Å²) in [6.45, 7) is 1.80. The largest absolute Gasteiger partial charge is 1.00 e. The first kappa shape index (κ1) is 19.9. The van der Waals surface area contributed by atoms with Gasteiger partial charge in [0.15, 0.2) is 0 Å². The van der Waals surface area contributed by atoms with Crippen molar-refractivity contribution in [1.29, 1.82) is 0 Å². The summed E-state index contributed by atoms with van der Waals surface area (Å²) in [6, 6.07) is 0. The van der Waals surface area contributed by atoms with Crippen molar-refractivity contribution in [3.63, 3.8) is 0 Å². The van der Waals surface area contributed by atoms with Crippen molar-refractivity contribution in [2.24, 2.45) is 0 Å². The van der Waals surface area contributed by atoms with Gasteiger partial charge in [-0.15, -0.1) is 0 Å². The maximum absolute atomic E-state index is 11.1. The first-order chi connectivity index (χ1) is 7.66. The van der Waals surface area contributed by atoms with E-state index >= 15 is 0 Å². The molecule has 0 aliphatic heterocycles. The van der Waals surface area contributed by atoms with Crippen LogP contribution in [0.25, 0.3) is 0 Å². The summed E-state index contributed by atoms with van der Waals surface area (Å²) < 4.78 is 0. The van der Waals surface area contributed by atoms with E-state index in [0.717, 1.165) is 19.3 Å². The van der Waals surface area contributed by atoms with Gasteiger partial charge in [0, 0.05) is 6.42 Å². The second-order valence-corrected chi connectivity index (χ2v) is 4.02. The molecule has 0 saturated heterocycles. The fourth-order valence-corrected chi connectivity index (χ4v) is 1.50. The van der Waals surface area contributed by atoms with E-state index in [1.54, 1.807) is 0 Å². The van der Waals surface area contributed by atoms with E-state index in [4.69, 9.17) is 0 Å². The molecule has 0 bridgehead atoms. The number of amides is 1. The van der Waals surface area contributed by atoms with Gasteiger partial charge in [-0.3, -0.25) is 4.79 Å². The number of carbonyl (C=O) groups is 2. The van der Waals surface area contributed by atoms with Gasteiger partial charge >= 0.3 is 51.4 Å². The van der Waals surface area contributed by atoms with Gasteiger partial charge in [-0.1, -0.05) is 45.4 Å². The van der Waals surface area contributed by atoms with Crippen LogP contribution in [0, 0.1) is 0 Å². The molecule has 1 amide bonds. The second kappa shape index (κ2) is 14.6. The van der Waals surface area contributed by atoms with Gasteiger partial charge in [0.1, 0.15) is 0 Å². The molecular weight excluding hydrogens is 245 g/mol. The van der Waals surface area contributed by atoms with E-state index in [1.165, 1.54) is 25.7 Å². The molecule has 17 heavy (non-hydrogen) atoms. The Morgan fingerprint density at radius 2 is 1.53 bits per heavy atom. The number of rotatable bonds is 10. The van der Waals surface area contributed by atoms with E-state index in [9.17, 15) is 14.7 Å². The fourth-order valence-electron chi connectivity index (χ4n) is 1.50. The molecule has 0 aliphatic carbocycles. The number of carboxylic acid groups (broad SMARTS) is 1. The molecule has 4 nitrogen and oxygen atoms in total. The van der Waals surface area contributed by atoms with Crippen molar-refractivity contribution in [3.05, 3.63) is 0 Å². The smallest absolute Gasteiger partial charge is 0.548 e. The number of carboxylic acids is 1. The molecule has 0 fully saturated rings. The number of hydrogen-bond donors (Lipinski definition) is 1. The van der Waals surface area contributed by atoms with Crippen LogP contribution in [0.2, 0.25) is 0 Å². The Labute approximate surface area is 146 Å². The molecule has 5 heteroatoms. The molecule has 0 atom stereocenters. The Balaban J connectivity index is 0. The van der Waals surface area contributed by atoms with Crippen molar-refractivity contribution in [2.45, 2.75) is 58.3 Å². The molecule has 0 aliphatic rings. The zero-order valence-electron chi connectivity index (χ0n) is 11.1. The molecule has 0 rings (SSSR count). The monoisotopic (exact) mass is 267 g/mol. The Morgan fingerprint density at radius 1 is 1.00 bits per heavy atom. The molecule has 0 unspecified atom stereocenters. The zero-order chi connectivity index (χ0) is 12.2. The molecule has 94 valence electrons. The second-order valence-electron chi connectivity index (χ2n) is 4.02. The minimum atomic E-state index is -1.24. The minimum absolute atomic E-state index is 0. The standard InChI is InChI=1S/C12H23NO3.K/c1-2-3-4-5-6-7-8-9-11(14)13-10-12(15)16;/h2-10H2,1H3,(H,13,14)(H,15,16);/q;+1/p-1. The van der Waals surface area contributed by atoms with Crippen LogP contribution in [0.5, 0.6) is 0 Å². The minimum Gasteiger partial charge on any atom is -0.548 e. The molecule has 0 heterocycles. The summed E-state index contributed by atoms with van der Waals surface area (Å²) in [5, 5.41) is 12.3. The Kier molecular flexibility index (Phi) is 17.1. The van der Waals surface area contributed by atoms with E-state index in [1.807, 2.05) is 0 Å². The van der Waals surface area contributed by atoms with Crippen LogP contribution < -0.4 is 61.8 Å². The van der Waals surface area contributed by atoms with Gasteiger partial charge < -0.3 is 15.2 Å². The van der Waals surface area contributed by atoms with Gasteiger partial charge in [0.25, 0.3) is 0 Å². The summed E-state index contributed by atoms with van der Waals surface area (Å²) in [4.78, 5) is 21.1. The fraction of sp³-hybridized carbons (Fsp3) is 0.833. The van der Waals surface area contributed by atoms with Gasteiger partial charge in [-0.05, 0) is 6.42 Å². The Hall–Kier alpha value is 0.576. The van der Waals surface area contributed by atoms with Crippen LogP contribution >= 0.6 is 0 Å². The number of hydrogen-bond acceptors (Lipinski definition) is 3. The van der Waals surface area contributed by atoms with Crippen LogP contribution in [-0.4, -0.2) is 18.4 Å². The zero-order valence-corrected chi connectivity index (χ0v) is 14.2. The van der Waals surface area contributed by atoms with Crippen molar-refractivity contribution in [2.75, 3.05) is 6.54 Å². The predicted octanol–water partition coefficient (Wildman–Crippen LogP) is -2.00. The van der Waals surface area contributed by atoms with Gasteiger partial charge in [-0.2, -0.15) is 0 Å². The molecule has 0 aromatic carbocycles. The van der Waals surface area contributed by atoms with E-state index in [0.29, 0.717) is 6.42 Å². The summed E-state index contributed by atoms with van der Waals surface area (Å²) in [5.41, 5.74) is 0. The van der Waals surface area contributed by atoms with Crippen LogP contribution in [0.3, 0.4) is 0 Å². The molecule has 0 saturated carbocycles. The number of nitrogens with one attached hydrogen (secondary N) is 1. The van der Waals surface area contributed by atoms with Crippen LogP contribution in [0.1, 0.15) is 58.3 Å². The third-order valence-corrected chi connectivity index (χ3v) is 2.44. The maximum Gasteiger partial charge on any atom is 1.00 e. The van der Waals surface area contributed by atoms with E-state index < -0.39 is 5.97 Å². The van der Waals surface area contributed by atoms with Crippen molar-refractivity contribution in [1.82, 2.24) is 5.32 Å². The topological polar surface area (TPSA) is 69.2 Å². The van der Waals surface area contributed by atoms with Crippen molar-refractivity contribution < 1.29 is 66.1 Å². The molecular formula is C12H22KNO3. The Bertz CT molecular complexity index is 210. The Morgan fingerprint density at radius 3 is 2.06 bits per heavy atom. The van der Waals surface area contributed by atoms with Crippen molar-refractivity contribution in [3.8, 4) is 0 Å². The van der Waals surface area contributed by atoms with E-state index in [2.05, 4.69) is 12.2 Å². The van der Waals surface area contributed by atoms with Gasteiger partial charge in [0.2, 0.25) is 5.91 Å². The number of carbonyl (C=O) groups excluding carboxylic acids is 2. The third kappa shape index (κ3) is 16.6. The third-order valence-electron chi connectivity index (χ3n) is 2.44. The molecule has 0 aromatic heterocycles. The average molecular weight is 267 g/mol. The average Bonchev–Trinajstić information content (AvgIpc) is 2.25. The molecule has 1 N–H and O–H groups in total. The van der Waals surface area contributed by atoms with Crippen LogP contribution in [0.4, 0.5) is 0 Å². The quantitative estimate of drug-likeness (QED) is 0.368. The summed E-state index contributed by atoms with van der Waals surface area (Å²) in [5.74, 6) is -1.44. The number of unbranched alkanes of at least 4 members (excludes halogenated alkanes) is 6. The summed E-state index contributed by atoms with van der Waals surface area (Å²) >= 11 is 0. The van der Waals surface area contributed by atoms with Gasteiger partial charge in [0.05, 0.1) is 12.5 Å². The molecule has 0 radical (unpaired) electrons. The number of aliphatic carboxylic acids is 1. The summed E-state index contributed by atoms with van der Waals surface area (Å²) in [7, 11) is 0. The van der Waals surface area contributed by atoms with Crippen LogP contribution in [-0.2, 0) is 9.59 Å². The normalized spacial score (nSPS) is 9.47. The van der Waals surface area contributed by atoms with Crippen molar-refractivity contribution >= 4 is 11.9 Å².